The molecule has 0 aliphatic heterocycles. The van der Waals surface area contributed by atoms with Gasteiger partial charge in [-0.25, -0.2) is 4.79 Å². The molecule has 286 valence electrons. The average molecular weight is 753 g/mol. The summed E-state index contributed by atoms with van der Waals surface area (Å²) in [6, 6.07) is 22.9. The van der Waals surface area contributed by atoms with Crippen molar-refractivity contribution in [3.8, 4) is 0 Å². The number of fused-ring (bicyclic) bond motifs is 1. The van der Waals surface area contributed by atoms with Crippen LogP contribution in [-0.2, 0) is 37.0 Å². The molecule has 1 heterocycles. The molecular weight excluding hydrogens is 701 g/mol. The maximum atomic E-state index is 13.9. The number of nitrogens with zero attached hydrogens (tertiary/aromatic N) is 2. The molecule has 1 fully saturated rings. The van der Waals surface area contributed by atoms with Gasteiger partial charge in [0.05, 0.1) is 11.1 Å². The number of hydrogen-bond donors (Lipinski definition) is 4. The summed E-state index contributed by atoms with van der Waals surface area (Å²) >= 11 is 1.51. The van der Waals surface area contributed by atoms with E-state index in [1.54, 1.807) is 12.1 Å². The number of hydrogen-bond acceptors (Lipinski definition) is 7. The van der Waals surface area contributed by atoms with Crippen molar-refractivity contribution in [3.05, 3.63) is 117 Å². The van der Waals surface area contributed by atoms with Crippen molar-refractivity contribution < 1.29 is 29.4 Å². The molecule has 0 unspecified atom stereocenters. The number of carboxylic acids is 2. The van der Waals surface area contributed by atoms with Crippen molar-refractivity contribution in [2.75, 3.05) is 37.3 Å². The van der Waals surface area contributed by atoms with E-state index in [1.807, 2.05) is 61.6 Å². The van der Waals surface area contributed by atoms with E-state index in [0.717, 1.165) is 105 Å². The Labute approximate surface area is 322 Å². The fourth-order valence-corrected chi connectivity index (χ4v) is 8.19. The normalized spacial score (nSPS) is 13.6. The van der Waals surface area contributed by atoms with Crippen LogP contribution in [0.1, 0.15) is 104 Å². The Balaban J connectivity index is 0.00000561. The summed E-state index contributed by atoms with van der Waals surface area (Å²) in [4.78, 5) is 55.4. The smallest absolute Gasteiger partial charge is 0.335 e. The minimum atomic E-state index is -0.937. The van der Waals surface area contributed by atoms with Gasteiger partial charge < -0.3 is 25.7 Å². The van der Waals surface area contributed by atoms with Gasteiger partial charge in [0, 0.05) is 48.2 Å². The summed E-state index contributed by atoms with van der Waals surface area (Å²) in [5, 5.41) is 24.8. The number of thiophene rings is 1. The zero-order chi connectivity index (χ0) is 37.3. The zero-order valence-electron chi connectivity index (χ0n) is 30.2. The first-order chi connectivity index (χ1) is 25.6. The molecule has 3 aromatic carbocycles. The lowest BCUT2D eigenvalue weighted by Crippen LogP contribution is -2.35. The third kappa shape index (κ3) is 11.1. The van der Waals surface area contributed by atoms with Gasteiger partial charge in [-0.1, -0.05) is 43.8 Å². The molecule has 0 bridgehead atoms. The molecule has 0 atom stereocenters. The van der Waals surface area contributed by atoms with Crippen molar-refractivity contribution in [3.63, 3.8) is 0 Å². The first kappa shape index (κ1) is 40.3. The van der Waals surface area contributed by atoms with Gasteiger partial charge in [0.15, 0.2) is 0 Å². The third-order valence-electron chi connectivity index (χ3n) is 10.1. The van der Waals surface area contributed by atoms with E-state index in [0.29, 0.717) is 34.3 Å². The number of nitrogens with one attached hydrogen (secondary N) is 2. The lowest BCUT2D eigenvalue weighted by molar-refractivity contribution is -0.137. The first-order valence-corrected chi connectivity index (χ1v) is 19.4. The van der Waals surface area contributed by atoms with Gasteiger partial charge in [-0.05, 0) is 130 Å². The molecule has 1 saturated carbocycles. The number of aliphatic carboxylic acids is 1. The van der Waals surface area contributed by atoms with Crippen LogP contribution in [0, 0.1) is 0 Å². The number of amides is 2. The fourth-order valence-electron chi connectivity index (χ4n) is 6.91. The van der Waals surface area contributed by atoms with Gasteiger partial charge in [0.25, 0.3) is 11.8 Å². The van der Waals surface area contributed by atoms with E-state index in [9.17, 15) is 19.2 Å². The van der Waals surface area contributed by atoms with Crippen molar-refractivity contribution in [2.24, 2.45) is 0 Å². The van der Waals surface area contributed by atoms with Crippen LogP contribution >= 0.6 is 11.3 Å². The number of benzene rings is 3. The van der Waals surface area contributed by atoms with Crippen LogP contribution in [0.2, 0.25) is 0 Å². The Morgan fingerprint density at radius 1 is 0.778 bits per heavy atom. The summed E-state index contributed by atoms with van der Waals surface area (Å²) in [6.07, 6.45) is 8.44. The molecule has 10 nitrogen and oxygen atoms in total. The molecular formula is C43H52N4O6S. The van der Waals surface area contributed by atoms with Gasteiger partial charge in [-0.15, -0.1) is 11.3 Å². The number of likely N-dealkylation sites (N-methyl/N-ethyl adjacent to an activating group) is 1. The van der Waals surface area contributed by atoms with Gasteiger partial charge in [0.2, 0.25) is 0 Å². The Morgan fingerprint density at radius 2 is 1.46 bits per heavy atom. The number of aromatic carboxylic acids is 1. The Hall–Kier alpha value is -4.84. The predicted octanol–water partition coefficient (Wildman–Crippen LogP) is 8.01. The van der Waals surface area contributed by atoms with Crippen molar-refractivity contribution in [1.82, 2.24) is 9.80 Å². The molecule has 0 saturated heterocycles. The Kier molecular flexibility index (Phi) is 14.2. The average Bonchev–Trinajstić information content (AvgIpc) is 3.93. The maximum Gasteiger partial charge on any atom is 0.335 e. The van der Waals surface area contributed by atoms with E-state index in [2.05, 4.69) is 26.5 Å². The Bertz CT molecular complexity index is 1920. The topological polar surface area (TPSA) is 139 Å². The molecule has 0 spiro atoms. The van der Waals surface area contributed by atoms with Gasteiger partial charge in [-0.3, -0.25) is 19.3 Å². The second-order valence-corrected chi connectivity index (χ2v) is 15.3. The molecule has 4 N–H and O–H groups in total. The van der Waals surface area contributed by atoms with Crippen molar-refractivity contribution in [2.45, 2.75) is 84.2 Å². The van der Waals surface area contributed by atoms with Gasteiger partial charge >= 0.3 is 11.9 Å². The number of carbonyl (C=O) groups is 4. The van der Waals surface area contributed by atoms with Gasteiger partial charge in [-0.2, -0.15) is 0 Å². The van der Waals surface area contributed by atoms with Crippen LogP contribution in [0.15, 0.2) is 72.8 Å². The minimum absolute atomic E-state index is 0. The first-order valence-electron chi connectivity index (χ1n) is 18.5. The van der Waals surface area contributed by atoms with E-state index in [4.69, 9.17) is 10.2 Å². The highest BCUT2D eigenvalue weighted by molar-refractivity contribution is 7.17. The van der Waals surface area contributed by atoms with Crippen LogP contribution < -0.4 is 10.6 Å². The van der Waals surface area contributed by atoms with Crippen LogP contribution in [-0.4, -0.2) is 76.5 Å². The number of carbonyl (C=O) groups excluding carboxylic acids is 2. The number of rotatable bonds is 18. The third-order valence-corrected chi connectivity index (χ3v) is 11.3. The molecule has 2 aliphatic rings. The highest BCUT2D eigenvalue weighted by Crippen LogP contribution is 2.39. The summed E-state index contributed by atoms with van der Waals surface area (Å²) in [5.74, 6) is -2.17. The summed E-state index contributed by atoms with van der Waals surface area (Å²) in [7, 11) is 2.03. The van der Waals surface area contributed by atoms with Gasteiger partial charge in [0.1, 0.15) is 5.00 Å². The highest BCUT2D eigenvalue weighted by Gasteiger charge is 2.30. The van der Waals surface area contributed by atoms with Crippen molar-refractivity contribution in [1.29, 1.82) is 0 Å². The van der Waals surface area contributed by atoms with E-state index in [1.165, 1.54) is 11.3 Å². The summed E-state index contributed by atoms with van der Waals surface area (Å²) in [5.41, 5.74) is 6.30. The second kappa shape index (κ2) is 19.0. The minimum Gasteiger partial charge on any atom is -0.481 e. The lowest BCUT2D eigenvalue weighted by Gasteiger charge is -2.25. The second-order valence-electron chi connectivity index (χ2n) is 14.2. The van der Waals surface area contributed by atoms with Crippen LogP contribution in [0.5, 0.6) is 0 Å². The zero-order valence-corrected chi connectivity index (χ0v) is 31.1. The molecule has 0 radical (unpaired) electrons. The van der Waals surface area contributed by atoms with Crippen LogP contribution in [0.3, 0.4) is 0 Å². The van der Waals surface area contributed by atoms with E-state index < -0.39 is 11.9 Å². The SMILES string of the molecule is C.CN(CCCC(=O)O)CCN(Cc1cccc(C(=O)Nc2sc3c(c2C(=O)Nc2ccc(CCc4ccc(C(=O)O)cc4)cc2)CCCC3)c1)C1CC1. The van der Waals surface area contributed by atoms with E-state index in [-0.39, 0.29) is 31.2 Å². The molecule has 2 amide bonds. The largest absolute Gasteiger partial charge is 0.481 e. The molecule has 11 heteroatoms. The molecule has 6 rings (SSSR count). The number of carboxylic acid groups (broad SMARTS) is 2. The standard InChI is InChI=1S/C42H48N4O6S.CH4/c1-45(23-5-10-37(47)48)24-25-46(34-21-22-34)27-30-6-4-7-32(26-30)39(49)44-41-38(35-8-2-3-9-36(35)53-41)40(50)43-33-19-15-29(16-20-33)12-11-28-13-17-31(18-14-28)42(51)52;/h4,6-7,13-20,26,34H,2-3,5,8-12,21-25,27H2,1H3,(H,43,50)(H,44,49)(H,47,48)(H,51,52);1H4. The number of anilines is 2. The predicted molar refractivity (Wildman–Crippen MR) is 215 cm³/mol. The highest BCUT2D eigenvalue weighted by atomic mass is 32.1. The molecule has 54 heavy (non-hydrogen) atoms. The Morgan fingerprint density at radius 3 is 2.13 bits per heavy atom. The van der Waals surface area contributed by atoms with Crippen LogP contribution in [0.25, 0.3) is 0 Å². The summed E-state index contributed by atoms with van der Waals surface area (Å²) < 4.78 is 0. The fraction of sp³-hybridized carbons (Fsp3) is 0.395. The van der Waals surface area contributed by atoms with Crippen LogP contribution in [0.4, 0.5) is 10.7 Å². The molecule has 1 aromatic heterocycles. The maximum absolute atomic E-state index is 13.9. The lowest BCUT2D eigenvalue weighted by atomic mass is 9.95. The van der Waals surface area contributed by atoms with E-state index >= 15 is 0 Å². The van der Waals surface area contributed by atoms with Crippen molar-refractivity contribution >= 4 is 45.8 Å². The number of aryl methyl sites for hydroxylation is 3. The summed E-state index contributed by atoms with van der Waals surface area (Å²) in [6.45, 7) is 3.20. The monoisotopic (exact) mass is 752 g/mol. The quantitative estimate of drug-likeness (QED) is 0.0802. The molecule has 4 aromatic rings. The molecule has 2 aliphatic carbocycles.